The molecule has 37 heavy (non-hydrogen) atoms. The molecule has 6 rings (SSSR count). The third kappa shape index (κ3) is 4.15. The Labute approximate surface area is 215 Å². The van der Waals surface area contributed by atoms with E-state index < -0.39 is 0 Å². The summed E-state index contributed by atoms with van der Waals surface area (Å²) in [7, 11) is 3.15. The van der Waals surface area contributed by atoms with E-state index in [0.29, 0.717) is 26.8 Å². The van der Waals surface area contributed by atoms with E-state index in [1.807, 2.05) is 83.7 Å². The third-order valence-electron chi connectivity index (χ3n) is 5.92. The van der Waals surface area contributed by atoms with E-state index in [1.165, 1.54) is 15.9 Å². The van der Waals surface area contributed by atoms with Crippen LogP contribution in [-0.4, -0.2) is 38.6 Å². The SMILES string of the molecule is COc1ccc(-c2nc3sc(=Cc4cn(-c5ccccc5)nc4-c4ccccc4)c(=O)n3n2)cc1OC. The maximum Gasteiger partial charge on any atom is 0.291 e. The number of hydrogen-bond donors (Lipinski definition) is 0. The molecule has 6 aromatic rings. The number of hydrogen-bond acceptors (Lipinski definition) is 7. The molecule has 0 N–H and O–H groups in total. The van der Waals surface area contributed by atoms with Gasteiger partial charge >= 0.3 is 0 Å². The van der Waals surface area contributed by atoms with Crippen LogP contribution in [0.4, 0.5) is 0 Å². The van der Waals surface area contributed by atoms with Crippen LogP contribution >= 0.6 is 11.3 Å². The first-order valence-corrected chi connectivity index (χ1v) is 12.3. The molecule has 3 aromatic heterocycles. The zero-order valence-corrected chi connectivity index (χ0v) is 20.8. The second-order valence-corrected chi connectivity index (χ2v) is 9.20. The molecule has 0 aliphatic heterocycles. The Morgan fingerprint density at radius 1 is 0.838 bits per heavy atom. The van der Waals surface area contributed by atoms with Crippen LogP contribution in [0.1, 0.15) is 5.56 Å². The molecule has 0 spiro atoms. The smallest absolute Gasteiger partial charge is 0.291 e. The Hall–Kier alpha value is -4.76. The summed E-state index contributed by atoms with van der Waals surface area (Å²) in [5.41, 5.74) is 4.01. The molecule has 0 fully saturated rings. The largest absolute Gasteiger partial charge is 0.493 e. The lowest BCUT2D eigenvalue weighted by atomic mass is 10.1. The lowest BCUT2D eigenvalue weighted by molar-refractivity contribution is 0.355. The first-order valence-electron chi connectivity index (χ1n) is 11.5. The van der Waals surface area contributed by atoms with Crippen LogP contribution in [0.2, 0.25) is 0 Å². The van der Waals surface area contributed by atoms with Crippen molar-refractivity contribution >= 4 is 22.4 Å². The van der Waals surface area contributed by atoms with Gasteiger partial charge in [-0.1, -0.05) is 59.9 Å². The second-order valence-electron chi connectivity index (χ2n) is 8.19. The van der Waals surface area contributed by atoms with Crippen LogP contribution in [0.25, 0.3) is 39.4 Å². The summed E-state index contributed by atoms with van der Waals surface area (Å²) in [4.78, 5) is 18.4. The van der Waals surface area contributed by atoms with Gasteiger partial charge in [-0.25, -0.2) is 4.68 Å². The van der Waals surface area contributed by atoms with E-state index in [1.54, 1.807) is 26.4 Å². The molecule has 0 saturated heterocycles. The zero-order chi connectivity index (χ0) is 25.4. The van der Waals surface area contributed by atoms with Crippen molar-refractivity contribution in [2.24, 2.45) is 0 Å². The number of aromatic nitrogens is 5. The number of rotatable bonds is 6. The number of methoxy groups -OCH3 is 2. The molecule has 8 nitrogen and oxygen atoms in total. The summed E-state index contributed by atoms with van der Waals surface area (Å²) in [6.07, 6.45) is 3.79. The Morgan fingerprint density at radius 3 is 2.27 bits per heavy atom. The van der Waals surface area contributed by atoms with Gasteiger partial charge in [-0.15, -0.1) is 5.10 Å². The fourth-order valence-electron chi connectivity index (χ4n) is 4.10. The third-order valence-corrected chi connectivity index (χ3v) is 6.88. The Morgan fingerprint density at radius 2 is 1.57 bits per heavy atom. The lowest BCUT2D eigenvalue weighted by Gasteiger charge is -2.07. The van der Waals surface area contributed by atoms with Gasteiger partial charge in [0, 0.05) is 22.9 Å². The molecule has 9 heteroatoms. The molecular formula is C28H21N5O3S. The minimum Gasteiger partial charge on any atom is -0.493 e. The molecule has 0 aliphatic carbocycles. The van der Waals surface area contributed by atoms with Crippen LogP contribution in [0, 0.1) is 0 Å². The minimum absolute atomic E-state index is 0.231. The second kappa shape index (κ2) is 9.36. The summed E-state index contributed by atoms with van der Waals surface area (Å²) >= 11 is 1.29. The quantitative estimate of drug-likeness (QED) is 0.335. The zero-order valence-electron chi connectivity index (χ0n) is 20.0. The standard InChI is InChI=1S/C28H21N5O3S/c1-35-22-14-13-19(15-23(22)36-2)26-29-28-33(31-26)27(34)24(37-28)16-20-17-32(21-11-7-4-8-12-21)30-25(20)18-9-5-3-6-10-18/h3-17H,1-2H3. The van der Waals surface area contributed by atoms with Crippen molar-refractivity contribution in [3.63, 3.8) is 0 Å². The predicted octanol–water partition coefficient (Wildman–Crippen LogP) is 4.24. The minimum atomic E-state index is -0.231. The Bertz CT molecular complexity index is 1820. The average Bonchev–Trinajstić information content (AvgIpc) is 3.64. The molecule has 0 unspecified atom stereocenters. The van der Waals surface area contributed by atoms with Gasteiger partial charge in [0.1, 0.15) is 0 Å². The van der Waals surface area contributed by atoms with E-state index in [9.17, 15) is 4.79 Å². The number of fused-ring (bicyclic) bond motifs is 1. The van der Waals surface area contributed by atoms with Gasteiger partial charge in [0.15, 0.2) is 17.3 Å². The van der Waals surface area contributed by atoms with Crippen molar-refractivity contribution in [2.75, 3.05) is 14.2 Å². The van der Waals surface area contributed by atoms with Crippen LogP contribution < -0.4 is 19.6 Å². The topological polar surface area (TPSA) is 83.5 Å². The van der Waals surface area contributed by atoms with E-state index in [0.717, 1.165) is 28.1 Å². The molecule has 0 atom stereocenters. The van der Waals surface area contributed by atoms with Crippen LogP contribution in [0.15, 0.2) is 89.9 Å². The van der Waals surface area contributed by atoms with Crippen LogP contribution in [-0.2, 0) is 0 Å². The number of benzene rings is 3. The number of para-hydroxylation sites is 1. The van der Waals surface area contributed by atoms with Crippen molar-refractivity contribution < 1.29 is 9.47 Å². The van der Waals surface area contributed by atoms with Crippen LogP contribution in [0.5, 0.6) is 11.5 Å². The molecular weight excluding hydrogens is 486 g/mol. The van der Waals surface area contributed by atoms with E-state index >= 15 is 0 Å². The number of thiazole rings is 1. The van der Waals surface area contributed by atoms with Gasteiger partial charge in [0.2, 0.25) is 4.96 Å². The number of nitrogens with zero attached hydrogens (tertiary/aromatic N) is 5. The molecule has 0 bridgehead atoms. The maximum absolute atomic E-state index is 13.3. The summed E-state index contributed by atoms with van der Waals surface area (Å²) in [5, 5.41) is 9.31. The van der Waals surface area contributed by atoms with Crippen molar-refractivity contribution in [2.45, 2.75) is 0 Å². The summed E-state index contributed by atoms with van der Waals surface area (Å²) in [6.45, 7) is 0. The van der Waals surface area contributed by atoms with E-state index in [2.05, 4.69) is 10.1 Å². The van der Waals surface area contributed by atoms with Crippen LogP contribution in [0.3, 0.4) is 0 Å². The van der Waals surface area contributed by atoms with Gasteiger partial charge in [-0.05, 0) is 36.4 Å². The fraction of sp³-hybridized carbons (Fsp3) is 0.0714. The highest BCUT2D eigenvalue weighted by molar-refractivity contribution is 7.15. The first kappa shape index (κ1) is 22.7. The van der Waals surface area contributed by atoms with Crippen molar-refractivity contribution in [1.82, 2.24) is 24.4 Å². The lowest BCUT2D eigenvalue weighted by Crippen LogP contribution is -2.23. The molecule has 0 radical (unpaired) electrons. The van der Waals surface area contributed by atoms with Gasteiger partial charge < -0.3 is 9.47 Å². The predicted molar refractivity (Wildman–Crippen MR) is 143 cm³/mol. The summed E-state index contributed by atoms with van der Waals surface area (Å²) in [6, 6.07) is 25.2. The monoisotopic (exact) mass is 507 g/mol. The molecule has 3 heterocycles. The van der Waals surface area contributed by atoms with Gasteiger partial charge in [-0.3, -0.25) is 4.79 Å². The van der Waals surface area contributed by atoms with Gasteiger partial charge in [0.05, 0.1) is 30.1 Å². The maximum atomic E-state index is 13.3. The molecule has 0 amide bonds. The molecule has 0 aliphatic rings. The molecule has 182 valence electrons. The van der Waals surface area contributed by atoms with E-state index in [4.69, 9.17) is 14.6 Å². The summed E-state index contributed by atoms with van der Waals surface area (Å²) in [5.74, 6) is 1.62. The Kier molecular flexibility index (Phi) is 5.74. The highest BCUT2D eigenvalue weighted by Gasteiger charge is 2.16. The van der Waals surface area contributed by atoms with Crippen molar-refractivity contribution in [3.8, 4) is 39.8 Å². The first-order chi connectivity index (χ1) is 18.1. The fourth-order valence-corrected chi connectivity index (χ4v) is 5.00. The number of ether oxygens (including phenoxy) is 2. The normalized spacial score (nSPS) is 11.8. The average molecular weight is 508 g/mol. The summed E-state index contributed by atoms with van der Waals surface area (Å²) < 4.78 is 14.4. The molecule has 0 saturated carbocycles. The van der Waals surface area contributed by atoms with Gasteiger partial charge in [0.25, 0.3) is 5.56 Å². The van der Waals surface area contributed by atoms with Crippen molar-refractivity contribution in [1.29, 1.82) is 0 Å². The van der Waals surface area contributed by atoms with Gasteiger partial charge in [-0.2, -0.15) is 14.6 Å². The highest BCUT2D eigenvalue weighted by Crippen LogP contribution is 2.31. The van der Waals surface area contributed by atoms with Crippen molar-refractivity contribution in [3.05, 3.63) is 106 Å². The Balaban J connectivity index is 1.45. The van der Waals surface area contributed by atoms with E-state index in [-0.39, 0.29) is 5.56 Å². The highest BCUT2D eigenvalue weighted by atomic mass is 32.1. The molecule has 3 aromatic carbocycles.